The van der Waals surface area contributed by atoms with Crippen LogP contribution < -0.4 is 15.4 Å². The van der Waals surface area contributed by atoms with E-state index in [0.29, 0.717) is 0 Å². The normalized spacial score (nSPS) is 12.7. The lowest BCUT2D eigenvalue weighted by Gasteiger charge is -2.11. The van der Waals surface area contributed by atoms with Crippen molar-refractivity contribution in [3.63, 3.8) is 0 Å². The molecule has 0 aliphatic carbocycles. The van der Waals surface area contributed by atoms with Gasteiger partial charge in [-0.2, -0.15) is 13.2 Å². The number of sulfonamides is 1. The van der Waals surface area contributed by atoms with E-state index in [1.807, 2.05) is 0 Å². The molecular weight excluding hydrogens is 477 g/mol. The number of aromatic nitrogens is 1. The van der Waals surface area contributed by atoms with Crippen molar-refractivity contribution in [1.82, 2.24) is 15.2 Å². The number of hydrogen-bond acceptors (Lipinski definition) is 6. The fourth-order valence-corrected chi connectivity index (χ4v) is 3.62. The Morgan fingerprint density at radius 1 is 1.03 bits per heavy atom. The van der Waals surface area contributed by atoms with E-state index >= 15 is 0 Å². The van der Waals surface area contributed by atoms with Crippen molar-refractivity contribution in [3.8, 4) is 0 Å². The second kappa shape index (κ2) is 9.65. The SMILES string of the molecule is CNS(=O)(=O)c1cccc(C(=O)NC(C)c2cc(C(=O)Nc3cccc(C(F)(F)F)c3)no2)c1. The number of carbonyl (C=O) groups excluding carboxylic acids is 2. The Kier molecular flexibility index (Phi) is 7.07. The number of halogens is 3. The number of nitrogens with zero attached hydrogens (tertiary/aromatic N) is 1. The predicted molar refractivity (Wildman–Crippen MR) is 114 cm³/mol. The summed E-state index contributed by atoms with van der Waals surface area (Å²) in [7, 11) is -2.50. The summed E-state index contributed by atoms with van der Waals surface area (Å²) in [5, 5.41) is 8.49. The summed E-state index contributed by atoms with van der Waals surface area (Å²) < 4.78 is 69.6. The standard InChI is InChI=1S/C21H19F3N4O5S/c1-12(26-19(29)13-5-3-8-16(9-13)34(31,32)25-2)18-11-17(28-33-18)20(30)27-15-7-4-6-14(10-15)21(22,23)24/h3-12,25H,1-2H3,(H,26,29)(H,27,30). The van der Waals surface area contributed by atoms with E-state index in [1.165, 1.54) is 43.4 Å². The molecule has 3 aromatic rings. The van der Waals surface area contributed by atoms with Crippen molar-refractivity contribution in [2.75, 3.05) is 12.4 Å². The van der Waals surface area contributed by atoms with Crippen molar-refractivity contribution in [1.29, 1.82) is 0 Å². The summed E-state index contributed by atoms with van der Waals surface area (Å²) in [5.74, 6) is -1.31. The molecule has 3 N–H and O–H groups in total. The fraction of sp³-hybridized carbons (Fsp3) is 0.190. The topological polar surface area (TPSA) is 130 Å². The van der Waals surface area contributed by atoms with Crippen LogP contribution in [0.2, 0.25) is 0 Å². The minimum Gasteiger partial charge on any atom is -0.358 e. The molecule has 1 unspecified atom stereocenters. The van der Waals surface area contributed by atoms with E-state index in [0.717, 1.165) is 18.2 Å². The lowest BCUT2D eigenvalue weighted by molar-refractivity contribution is -0.137. The van der Waals surface area contributed by atoms with Crippen LogP contribution in [0.4, 0.5) is 18.9 Å². The minimum atomic E-state index is -4.56. The maximum Gasteiger partial charge on any atom is 0.416 e. The summed E-state index contributed by atoms with van der Waals surface area (Å²) in [6.07, 6.45) is -4.56. The number of amides is 2. The molecule has 0 saturated heterocycles. The Bertz CT molecular complexity index is 1320. The average Bonchev–Trinajstić information content (AvgIpc) is 3.29. The first-order valence-electron chi connectivity index (χ1n) is 9.70. The minimum absolute atomic E-state index is 0.0743. The first-order valence-corrected chi connectivity index (χ1v) is 11.2. The summed E-state index contributed by atoms with van der Waals surface area (Å²) in [5.41, 5.74) is -1.14. The Morgan fingerprint density at radius 2 is 1.74 bits per heavy atom. The van der Waals surface area contributed by atoms with Gasteiger partial charge in [0.15, 0.2) is 11.5 Å². The molecule has 13 heteroatoms. The van der Waals surface area contributed by atoms with Crippen molar-refractivity contribution in [3.05, 3.63) is 77.2 Å². The van der Waals surface area contributed by atoms with Gasteiger partial charge in [-0.3, -0.25) is 9.59 Å². The van der Waals surface area contributed by atoms with Crippen molar-refractivity contribution in [2.24, 2.45) is 0 Å². The molecule has 0 aliphatic heterocycles. The van der Waals surface area contributed by atoms with Gasteiger partial charge in [0.05, 0.1) is 16.5 Å². The van der Waals surface area contributed by atoms with Gasteiger partial charge in [-0.25, -0.2) is 13.1 Å². The highest BCUT2D eigenvalue weighted by Gasteiger charge is 2.30. The molecule has 1 aromatic heterocycles. The van der Waals surface area contributed by atoms with E-state index in [2.05, 4.69) is 20.5 Å². The Morgan fingerprint density at radius 3 is 2.41 bits per heavy atom. The van der Waals surface area contributed by atoms with Crippen LogP contribution in [0.15, 0.2) is 64.0 Å². The van der Waals surface area contributed by atoms with Crippen LogP contribution in [0.1, 0.15) is 45.1 Å². The Balaban J connectivity index is 1.69. The van der Waals surface area contributed by atoms with Crippen molar-refractivity contribution < 1.29 is 35.7 Å². The highest BCUT2D eigenvalue weighted by molar-refractivity contribution is 7.89. The van der Waals surface area contributed by atoms with E-state index in [4.69, 9.17) is 4.52 Å². The maximum absolute atomic E-state index is 12.8. The van der Waals surface area contributed by atoms with Crippen LogP contribution in [0.5, 0.6) is 0 Å². The van der Waals surface area contributed by atoms with Gasteiger partial charge < -0.3 is 15.2 Å². The maximum atomic E-state index is 12.8. The molecule has 2 amide bonds. The molecule has 34 heavy (non-hydrogen) atoms. The number of carbonyl (C=O) groups is 2. The Hall–Kier alpha value is -3.71. The van der Waals surface area contributed by atoms with Crippen LogP contribution in [-0.4, -0.2) is 32.4 Å². The molecule has 0 bridgehead atoms. The van der Waals surface area contributed by atoms with Gasteiger partial charge >= 0.3 is 6.18 Å². The number of nitrogens with one attached hydrogen (secondary N) is 3. The average molecular weight is 496 g/mol. The molecule has 0 spiro atoms. The van der Waals surface area contributed by atoms with Gasteiger partial charge in [-0.05, 0) is 50.4 Å². The van der Waals surface area contributed by atoms with E-state index in [-0.39, 0.29) is 27.6 Å². The van der Waals surface area contributed by atoms with Crippen LogP contribution >= 0.6 is 0 Å². The second-order valence-corrected chi connectivity index (χ2v) is 8.96. The van der Waals surface area contributed by atoms with Gasteiger partial charge in [0.25, 0.3) is 11.8 Å². The van der Waals surface area contributed by atoms with Gasteiger partial charge in [-0.15, -0.1) is 0 Å². The molecule has 1 heterocycles. The summed E-state index contributed by atoms with van der Waals surface area (Å²) in [6, 6.07) is 9.93. The van der Waals surface area contributed by atoms with Gasteiger partial charge in [0.1, 0.15) is 0 Å². The van der Waals surface area contributed by atoms with E-state index in [9.17, 15) is 31.2 Å². The lowest BCUT2D eigenvalue weighted by atomic mass is 10.1. The second-order valence-electron chi connectivity index (χ2n) is 7.08. The van der Waals surface area contributed by atoms with Gasteiger partial charge in [0.2, 0.25) is 10.0 Å². The molecule has 9 nitrogen and oxygen atoms in total. The smallest absolute Gasteiger partial charge is 0.358 e. The molecule has 1 atom stereocenters. The van der Waals surface area contributed by atoms with Crippen LogP contribution in [-0.2, 0) is 16.2 Å². The number of rotatable bonds is 7. The van der Waals surface area contributed by atoms with E-state index in [1.54, 1.807) is 6.92 Å². The largest absolute Gasteiger partial charge is 0.416 e. The lowest BCUT2D eigenvalue weighted by Crippen LogP contribution is -2.27. The van der Waals surface area contributed by atoms with Gasteiger partial charge in [0, 0.05) is 17.3 Å². The zero-order valence-electron chi connectivity index (χ0n) is 17.8. The highest BCUT2D eigenvalue weighted by atomic mass is 32.2. The molecule has 0 radical (unpaired) electrons. The van der Waals surface area contributed by atoms with Crippen molar-refractivity contribution >= 4 is 27.5 Å². The van der Waals surface area contributed by atoms with Crippen LogP contribution in [0, 0.1) is 0 Å². The molecule has 0 aliphatic rings. The number of anilines is 1. The molecule has 0 saturated carbocycles. The number of alkyl halides is 3. The summed E-state index contributed by atoms with van der Waals surface area (Å²) >= 11 is 0. The zero-order chi connectivity index (χ0) is 25.1. The van der Waals surface area contributed by atoms with Crippen molar-refractivity contribution in [2.45, 2.75) is 24.0 Å². The highest BCUT2D eigenvalue weighted by Crippen LogP contribution is 2.30. The van der Waals surface area contributed by atoms with Crippen LogP contribution in [0.3, 0.4) is 0 Å². The monoisotopic (exact) mass is 496 g/mol. The first kappa shape index (κ1) is 24.9. The quantitative estimate of drug-likeness (QED) is 0.460. The molecule has 3 rings (SSSR count). The molecule has 0 fully saturated rings. The first-order chi connectivity index (χ1) is 15.9. The zero-order valence-corrected chi connectivity index (χ0v) is 18.6. The number of hydrogen-bond donors (Lipinski definition) is 3. The third-order valence-corrected chi connectivity index (χ3v) is 6.07. The summed E-state index contributed by atoms with van der Waals surface area (Å²) in [4.78, 5) is 24.8. The molecule has 180 valence electrons. The van der Waals surface area contributed by atoms with Gasteiger partial charge in [-0.1, -0.05) is 17.3 Å². The third kappa shape index (κ3) is 5.80. The van der Waals surface area contributed by atoms with Crippen LogP contribution in [0.25, 0.3) is 0 Å². The molecular formula is C21H19F3N4O5S. The van der Waals surface area contributed by atoms with E-state index < -0.39 is 39.6 Å². The summed E-state index contributed by atoms with van der Waals surface area (Å²) in [6.45, 7) is 1.54. The Labute approximate surface area is 192 Å². The molecule has 2 aromatic carbocycles. The third-order valence-electron chi connectivity index (χ3n) is 4.66. The number of benzene rings is 2. The predicted octanol–water partition coefficient (Wildman–Crippen LogP) is 3.34. The fourth-order valence-electron chi connectivity index (χ4n) is 2.84.